The molecule has 3 aromatic rings. The van der Waals surface area contributed by atoms with Gasteiger partial charge in [-0.25, -0.2) is 9.97 Å². The van der Waals surface area contributed by atoms with Crippen molar-refractivity contribution in [1.29, 1.82) is 0 Å². The first kappa shape index (κ1) is 19.4. The average Bonchev–Trinajstić information content (AvgIpc) is 2.70. The first-order chi connectivity index (χ1) is 13.9. The molecule has 2 aromatic heterocycles. The van der Waals surface area contributed by atoms with Crippen LogP contribution in [0.15, 0.2) is 41.5 Å². The van der Waals surface area contributed by atoms with Crippen molar-refractivity contribution in [3.8, 4) is 11.3 Å². The van der Waals surface area contributed by atoms with E-state index >= 15 is 0 Å². The zero-order valence-electron chi connectivity index (χ0n) is 17.3. The van der Waals surface area contributed by atoms with E-state index in [0.29, 0.717) is 16.7 Å². The Morgan fingerprint density at radius 2 is 2.00 bits per heavy atom. The Morgan fingerprint density at radius 3 is 2.69 bits per heavy atom. The second-order valence-electron chi connectivity index (χ2n) is 7.88. The van der Waals surface area contributed by atoms with Gasteiger partial charge in [0.15, 0.2) is 0 Å². The topological polar surface area (TPSA) is 72.3 Å². The predicted molar refractivity (Wildman–Crippen MR) is 117 cm³/mol. The van der Waals surface area contributed by atoms with E-state index in [9.17, 15) is 4.79 Å². The van der Waals surface area contributed by atoms with Crippen molar-refractivity contribution in [2.75, 3.05) is 29.9 Å². The van der Waals surface area contributed by atoms with Gasteiger partial charge in [-0.05, 0) is 39.0 Å². The van der Waals surface area contributed by atoms with Crippen molar-refractivity contribution >= 4 is 22.4 Å². The van der Waals surface area contributed by atoms with Crippen LogP contribution in [0.5, 0.6) is 0 Å². The lowest BCUT2D eigenvalue weighted by atomic mass is 10.1. The van der Waals surface area contributed by atoms with Crippen molar-refractivity contribution in [3.05, 3.63) is 47.0 Å². The summed E-state index contributed by atoms with van der Waals surface area (Å²) in [6.07, 6.45) is 1.79. The third kappa shape index (κ3) is 3.96. The quantitative estimate of drug-likeness (QED) is 0.735. The maximum atomic E-state index is 12.7. The number of aryl methyl sites for hydroxylation is 1. The maximum absolute atomic E-state index is 12.7. The molecule has 152 valence electrons. The fourth-order valence-electron chi connectivity index (χ4n) is 3.64. The minimum Gasteiger partial charge on any atom is -0.375 e. The summed E-state index contributed by atoms with van der Waals surface area (Å²) >= 11 is 0. The average molecular weight is 393 g/mol. The number of hydrogen-bond acceptors (Lipinski definition) is 6. The van der Waals surface area contributed by atoms with E-state index in [1.807, 2.05) is 19.9 Å². The molecule has 1 aromatic carbocycles. The summed E-state index contributed by atoms with van der Waals surface area (Å²) in [5.41, 5.74) is 3.51. The summed E-state index contributed by atoms with van der Waals surface area (Å²) in [5.74, 6) is 0.576. The largest absolute Gasteiger partial charge is 0.375 e. The number of benzene rings is 1. The van der Waals surface area contributed by atoms with Crippen molar-refractivity contribution < 1.29 is 4.74 Å². The number of pyridine rings is 1. The highest BCUT2D eigenvalue weighted by atomic mass is 16.5. The van der Waals surface area contributed by atoms with E-state index < -0.39 is 0 Å². The van der Waals surface area contributed by atoms with Crippen LogP contribution in [0, 0.1) is 0 Å². The smallest absolute Gasteiger partial charge is 0.264 e. The third-order valence-electron chi connectivity index (χ3n) is 5.10. The zero-order valence-corrected chi connectivity index (χ0v) is 17.3. The van der Waals surface area contributed by atoms with E-state index in [1.54, 1.807) is 13.4 Å². The highest BCUT2D eigenvalue weighted by Gasteiger charge is 2.18. The Bertz CT molecular complexity index is 1070. The van der Waals surface area contributed by atoms with Gasteiger partial charge >= 0.3 is 0 Å². The van der Waals surface area contributed by atoms with E-state index in [4.69, 9.17) is 9.72 Å². The van der Waals surface area contributed by atoms with Crippen molar-refractivity contribution in [2.45, 2.75) is 32.9 Å². The summed E-state index contributed by atoms with van der Waals surface area (Å²) in [6.45, 7) is 8.69. The third-order valence-corrected chi connectivity index (χ3v) is 5.10. The van der Waals surface area contributed by atoms with Gasteiger partial charge in [-0.3, -0.25) is 4.79 Å². The summed E-state index contributed by atoms with van der Waals surface area (Å²) in [5, 5.41) is 3.83. The summed E-state index contributed by atoms with van der Waals surface area (Å²) in [6, 6.07) is 10.4. The van der Waals surface area contributed by atoms with Crippen LogP contribution in [-0.2, 0) is 11.8 Å². The Labute approximate surface area is 170 Å². The normalized spacial score (nSPS) is 17.1. The molecule has 1 saturated heterocycles. The molecule has 1 fully saturated rings. The Balaban J connectivity index is 1.73. The van der Waals surface area contributed by atoms with Gasteiger partial charge < -0.3 is 19.5 Å². The molecular weight excluding hydrogens is 366 g/mol. The van der Waals surface area contributed by atoms with Gasteiger partial charge in [-0.15, -0.1) is 0 Å². The molecule has 0 aliphatic carbocycles. The summed E-state index contributed by atoms with van der Waals surface area (Å²) in [7, 11) is 1.70. The zero-order chi connectivity index (χ0) is 20.5. The number of nitrogens with one attached hydrogen (secondary N) is 1. The lowest BCUT2D eigenvalue weighted by Crippen LogP contribution is -2.41. The molecule has 7 heteroatoms. The van der Waals surface area contributed by atoms with E-state index in [1.165, 1.54) is 10.3 Å². The molecule has 0 amide bonds. The van der Waals surface area contributed by atoms with Crippen molar-refractivity contribution in [2.24, 2.45) is 7.05 Å². The first-order valence-corrected chi connectivity index (χ1v) is 10.0. The number of fused-ring (bicyclic) bond motifs is 1. The summed E-state index contributed by atoms with van der Waals surface area (Å²) in [4.78, 5) is 24.2. The van der Waals surface area contributed by atoms with Crippen LogP contribution in [0.25, 0.3) is 22.2 Å². The number of hydrogen-bond donors (Lipinski definition) is 1. The van der Waals surface area contributed by atoms with Gasteiger partial charge in [0.25, 0.3) is 5.56 Å². The molecular formula is C22H27N5O2. The molecule has 0 bridgehead atoms. The number of nitrogens with zero attached hydrogens (tertiary/aromatic N) is 4. The fraction of sp³-hybridized carbons (Fsp3) is 0.409. The van der Waals surface area contributed by atoms with Crippen molar-refractivity contribution in [3.63, 3.8) is 0 Å². The molecule has 1 atom stereocenters. The van der Waals surface area contributed by atoms with E-state index in [2.05, 4.69) is 46.4 Å². The maximum Gasteiger partial charge on any atom is 0.264 e. The van der Waals surface area contributed by atoms with Crippen LogP contribution in [0.2, 0.25) is 0 Å². The van der Waals surface area contributed by atoms with Crippen LogP contribution in [0.3, 0.4) is 0 Å². The van der Waals surface area contributed by atoms with E-state index in [-0.39, 0.29) is 17.7 Å². The Kier molecular flexibility index (Phi) is 5.24. The molecule has 0 unspecified atom stereocenters. The van der Waals surface area contributed by atoms with E-state index in [0.717, 1.165) is 31.0 Å². The lowest BCUT2D eigenvalue weighted by Gasteiger charge is -2.33. The number of ether oxygens (including phenoxy) is 1. The Hall–Kier alpha value is -2.93. The number of rotatable bonds is 4. The van der Waals surface area contributed by atoms with Crippen LogP contribution in [-0.4, -0.2) is 46.4 Å². The molecule has 29 heavy (non-hydrogen) atoms. The molecule has 0 radical (unpaired) electrons. The molecule has 3 heterocycles. The molecule has 0 saturated carbocycles. The second kappa shape index (κ2) is 7.83. The standard InChI is InChI=1S/C22H27N5O2/c1-14(2)24-21-20-19(23-13-26(4)22(20)28)11-18(25-21)16-5-7-17(8-6-16)27-9-10-29-15(3)12-27/h5-8,11,13-15H,9-10,12H2,1-4H3,(H,24,25)/t15-/m1/s1. The predicted octanol–water partition coefficient (Wildman–Crippen LogP) is 3.04. The molecule has 4 rings (SSSR count). The minimum absolute atomic E-state index is 0.103. The van der Waals surface area contributed by atoms with Gasteiger partial charge in [0.05, 0.1) is 30.2 Å². The number of anilines is 2. The van der Waals surface area contributed by atoms with Gasteiger partial charge in [0, 0.05) is 37.4 Å². The molecule has 0 spiro atoms. The first-order valence-electron chi connectivity index (χ1n) is 10.0. The van der Waals surface area contributed by atoms with Gasteiger partial charge in [-0.2, -0.15) is 0 Å². The van der Waals surface area contributed by atoms with Gasteiger partial charge in [0.2, 0.25) is 0 Å². The lowest BCUT2D eigenvalue weighted by molar-refractivity contribution is 0.0532. The minimum atomic E-state index is -0.103. The summed E-state index contributed by atoms with van der Waals surface area (Å²) < 4.78 is 7.11. The number of morpholine rings is 1. The highest BCUT2D eigenvalue weighted by Crippen LogP contribution is 2.27. The molecule has 7 nitrogen and oxygen atoms in total. The van der Waals surface area contributed by atoms with Gasteiger partial charge in [-0.1, -0.05) is 12.1 Å². The Morgan fingerprint density at radius 1 is 1.24 bits per heavy atom. The van der Waals surface area contributed by atoms with Crippen molar-refractivity contribution in [1.82, 2.24) is 14.5 Å². The fourth-order valence-corrected chi connectivity index (χ4v) is 3.64. The molecule has 1 aliphatic rings. The highest BCUT2D eigenvalue weighted by molar-refractivity contribution is 5.91. The monoisotopic (exact) mass is 393 g/mol. The van der Waals surface area contributed by atoms with Crippen LogP contribution >= 0.6 is 0 Å². The van der Waals surface area contributed by atoms with Crippen LogP contribution in [0.4, 0.5) is 11.5 Å². The number of aromatic nitrogens is 3. The second-order valence-corrected chi connectivity index (χ2v) is 7.88. The molecule has 1 N–H and O–H groups in total. The SMILES string of the molecule is CC(C)Nc1nc(-c2ccc(N3CCO[C@H](C)C3)cc2)cc2ncn(C)c(=O)c12. The molecule has 1 aliphatic heterocycles. The van der Waals surface area contributed by atoms with Gasteiger partial charge in [0.1, 0.15) is 11.2 Å². The van der Waals surface area contributed by atoms with Crippen LogP contribution in [0.1, 0.15) is 20.8 Å². The van der Waals surface area contributed by atoms with Crippen LogP contribution < -0.4 is 15.8 Å².